The molecule has 1 atom stereocenters. The average Bonchev–Trinajstić information content (AvgIpc) is 3.16. The highest BCUT2D eigenvalue weighted by Gasteiger charge is 2.24. The predicted molar refractivity (Wildman–Crippen MR) is 82.6 cm³/mol. The first-order valence-corrected chi connectivity index (χ1v) is 7.48. The van der Waals surface area contributed by atoms with Crippen LogP contribution in [0.15, 0.2) is 18.2 Å². The molecule has 1 aliphatic rings. The van der Waals surface area contributed by atoms with Crippen molar-refractivity contribution in [2.24, 2.45) is 0 Å². The van der Waals surface area contributed by atoms with E-state index in [1.807, 2.05) is 14.0 Å². The topological polar surface area (TPSA) is 62.6 Å². The van der Waals surface area contributed by atoms with E-state index in [9.17, 15) is 9.59 Å². The Hall–Kier alpha value is -1.59. The van der Waals surface area contributed by atoms with Crippen LogP contribution in [0, 0.1) is 6.92 Å². The van der Waals surface area contributed by atoms with Crippen LogP contribution in [-0.2, 0) is 9.59 Å². The Balaban J connectivity index is 1.78. The van der Waals surface area contributed by atoms with Crippen molar-refractivity contribution in [2.75, 3.05) is 25.5 Å². The molecule has 0 heterocycles. The van der Waals surface area contributed by atoms with Gasteiger partial charge in [-0.05, 0) is 43.5 Å². The Morgan fingerprint density at radius 3 is 2.57 bits per heavy atom. The summed E-state index contributed by atoms with van der Waals surface area (Å²) >= 11 is 5.88. The minimum absolute atomic E-state index is 0.00507. The maximum Gasteiger partial charge on any atom is 0.279 e. The zero-order chi connectivity index (χ0) is 15.4. The normalized spacial score (nSPS) is 15.4. The number of rotatable bonds is 6. The summed E-state index contributed by atoms with van der Waals surface area (Å²) in [6.07, 6.45) is 2.14. The molecule has 114 valence electrons. The molecule has 3 N–H and O–H groups in total. The number of hydrogen-bond donors (Lipinski definition) is 3. The highest BCUT2D eigenvalue weighted by atomic mass is 35.5. The average molecular weight is 311 g/mol. The molecule has 1 unspecified atom stereocenters. The van der Waals surface area contributed by atoms with Crippen molar-refractivity contribution in [3.63, 3.8) is 0 Å². The maximum absolute atomic E-state index is 12.0. The Bertz CT molecular complexity index is 544. The number of likely N-dealkylation sites (N-methyl/N-ethyl adjacent to an activating group) is 1. The van der Waals surface area contributed by atoms with E-state index in [2.05, 4.69) is 10.6 Å². The molecule has 21 heavy (non-hydrogen) atoms. The van der Waals surface area contributed by atoms with E-state index >= 15 is 0 Å². The van der Waals surface area contributed by atoms with E-state index in [4.69, 9.17) is 11.6 Å². The number of halogens is 1. The van der Waals surface area contributed by atoms with Crippen molar-refractivity contribution in [3.8, 4) is 0 Å². The molecule has 1 aromatic rings. The Kier molecular flexibility index (Phi) is 5.20. The number of amides is 2. The van der Waals surface area contributed by atoms with Gasteiger partial charge in [-0.3, -0.25) is 9.59 Å². The largest absolute Gasteiger partial charge is 0.348 e. The number of carbonyl (C=O) groups is 2. The van der Waals surface area contributed by atoms with Gasteiger partial charge < -0.3 is 15.5 Å². The molecule has 1 aromatic carbocycles. The summed E-state index contributed by atoms with van der Waals surface area (Å²) in [5, 5.41) is 6.40. The van der Waals surface area contributed by atoms with E-state index in [0.29, 0.717) is 17.6 Å². The van der Waals surface area contributed by atoms with Crippen LogP contribution in [0.3, 0.4) is 0 Å². The first-order valence-electron chi connectivity index (χ1n) is 7.10. The number of quaternary nitrogens is 1. The fourth-order valence-electron chi connectivity index (χ4n) is 2.08. The predicted octanol–water partition coefficient (Wildman–Crippen LogP) is 0.380. The quantitative estimate of drug-likeness (QED) is 0.711. The summed E-state index contributed by atoms with van der Waals surface area (Å²) in [6.45, 7) is 2.45. The smallest absolute Gasteiger partial charge is 0.279 e. The van der Waals surface area contributed by atoms with Crippen LogP contribution < -0.4 is 15.5 Å². The summed E-state index contributed by atoms with van der Waals surface area (Å²) in [7, 11) is 1.83. The van der Waals surface area contributed by atoms with Crippen molar-refractivity contribution in [1.82, 2.24) is 5.32 Å². The zero-order valence-corrected chi connectivity index (χ0v) is 13.1. The van der Waals surface area contributed by atoms with Gasteiger partial charge in [-0.2, -0.15) is 0 Å². The third-order valence-corrected chi connectivity index (χ3v) is 3.56. The molecule has 2 rings (SSSR count). The summed E-state index contributed by atoms with van der Waals surface area (Å²) in [5.74, 6) is -0.109. The highest BCUT2D eigenvalue weighted by Crippen LogP contribution is 2.19. The molecular weight excluding hydrogens is 290 g/mol. The van der Waals surface area contributed by atoms with Crippen molar-refractivity contribution in [1.29, 1.82) is 0 Å². The van der Waals surface area contributed by atoms with Gasteiger partial charge in [-0.25, -0.2) is 0 Å². The second kappa shape index (κ2) is 6.91. The highest BCUT2D eigenvalue weighted by molar-refractivity contribution is 6.30. The lowest BCUT2D eigenvalue weighted by molar-refractivity contribution is -0.862. The standard InChI is InChI=1S/C15H20ClN3O2/c1-10-7-11(16)3-6-13(10)18-15(21)9-19(2)8-14(20)17-12-4-5-12/h3,6-7,12H,4-5,8-9H2,1-2H3,(H,17,20)(H,18,21)/p+1. The van der Waals surface area contributed by atoms with Gasteiger partial charge in [-0.1, -0.05) is 11.6 Å². The molecule has 5 nitrogen and oxygen atoms in total. The zero-order valence-electron chi connectivity index (χ0n) is 12.3. The molecule has 0 aliphatic heterocycles. The van der Waals surface area contributed by atoms with Gasteiger partial charge in [-0.15, -0.1) is 0 Å². The molecule has 0 spiro atoms. The molecule has 6 heteroatoms. The van der Waals surface area contributed by atoms with E-state index in [-0.39, 0.29) is 18.4 Å². The van der Waals surface area contributed by atoms with Crippen LogP contribution in [0.5, 0.6) is 0 Å². The molecular formula is C15H21ClN3O2+. The Labute approximate surface area is 129 Å². The van der Waals surface area contributed by atoms with Crippen LogP contribution in [0.25, 0.3) is 0 Å². The van der Waals surface area contributed by atoms with E-state index in [1.54, 1.807) is 18.2 Å². The molecule has 1 aliphatic carbocycles. The minimum atomic E-state index is -0.114. The molecule has 1 fully saturated rings. The number of hydrogen-bond acceptors (Lipinski definition) is 2. The van der Waals surface area contributed by atoms with E-state index in [0.717, 1.165) is 29.0 Å². The number of nitrogens with one attached hydrogen (secondary N) is 3. The van der Waals surface area contributed by atoms with Gasteiger partial charge in [0.05, 0.1) is 7.05 Å². The van der Waals surface area contributed by atoms with Crippen LogP contribution >= 0.6 is 11.6 Å². The first kappa shape index (κ1) is 15.8. The fraction of sp³-hybridized carbons (Fsp3) is 0.467. The van der Waals surface area contributed by atoms with E-state index in [1.165, 1.54) is 0 Å². The van der Waals surface area contributed by atoms with E-state index < -0.39 is 0 Å². The van der Waals surface area contributed by atoms with Gasteiger partial charge in [0.1, 0.15) is 0 Å². The fourth-order valence-corrected chi connectivity index (χ4v) is 2.31. The summed E-state index contributed by atoms with van der Waals surface area (Å²) in [6, 6.07) is 5.68. The van der Waals surface area contributed by atoms with Crippen LogP contribution in [-0.4, -0.2) is 38.0 Å². The molecule has 0 saturated heterocycles. The van der Waals surface area contributed by atoms with Crippen molar-refractivity contribution >= 4 is 29.1 Å². The second-order valence-electron chi connectivity index (χ2n) is 5.66. The summed E-state index contributed by atoms with van der Waals surface area (Å²) < 4.78 is 0. The molecule has 0 radical (unpaired) electrons. The molecule has 2 amide bonds. The summed E-state index contributed by atoms with van der Waals surface area (Å²) in [5.41, 5.74) is 1.67. The van der Waals surface area contributed by atoms with Crippen molar-refractivity contribution in [2.45, 2.75) is 25.8 Å². The maximum atomic E-state index is 12.0. The first-order chi connectivity index (χ1) is 9.94. The Morgan fingerprint density at radius 2 is 1.95 bits per heavy atom. The number of aryl methyl sites for hydroxylation is 1. The second-order valence-corrected chi connectivity index (χ2v) is 6.10. The van der Waals surface area contributed by atoms with Gasteiger partial charge >= 0.3 is 0 Å². The van der Waals surface area contributed by atoms with Gasteiger partial charge in [0.25, 0.3) is 11.8 Å². The SMILES string of the molecule is Cc1cc(Cl)ccc1NC(=O)C[NH+](C)CC(=O)NC1CC1. The van der Waals surface area contributed by atoms with Crippen LogP contribution in [0.1, 0.15) is 18.4 Å². The van der Waals surface area contributed by atoms with Crippen molar-refractivity contribution in [3.05, 3.63) is 28.8 Å². The number of benzene rings is 1. The lowest BCUT2D eigenvalue weighted by atomic mass is 10.2. The van der Waals surface area contributed by atoms with Gasteiger partial charge in [0.2, 0.25) is 0 Å². The summed E-state index contributed by atoms with van der Waals surface area (Å²) in [4.78, 5) is 24.5. The Morgan fingerprint density at radius 1 is 1.29 bits per heavy atom. The van der Waals surface area contributed by atoms with Crippen molar-refractivity contribution < 1.29 is 14.5 Å². The third-order valence-electron chi connectivity index (χ3n) is 3.33. The number of anilines is 1. The third kappa shape index (κ3) is 5.36. The van der Waals surface area contributed by atoms with Crippen LogP contribution in [0.2, 0.25) is 5.02 Å². The number of carbonyl (C=O) groups excluding carboxylic acids is 2. The lowest BCUT2D eigenvalue weighted by Gasteiger charge is -2.14. The van der Waals surface area contributed by atoms with Gasteiger partial charge in [0.15, 0.2) is 13.1 Å². The minimum Gasteiger partial charge on any atom is -0.348 e. The molecule has 0 bridgehead atoms. The molecule has 1 saturated carbocycles. The lowest BCUT2D eigenvalue weighted by Crippen LogP contribution is -3.11. The monoisotopic (exact) mass is 310 g/mol. The molecule has 0 aromatic heterocycles. The van der Waals surface area contributed by atoms with Gasteiger partial charge in [0, 0.05) is 16.8 Å². The van der Waals surface area contributed by atoms with Crippen LogP contribution in [0.4, 0.5) is 5.69 Å².